The van der Waals surface area contributed by atoms with Gasteiger partial charge in [0.25, 0.3) is 10.0 Å². The largest absolute Gasteiger partial charge is 0.331 e. The van der Waals surface area contributed by atoms with Gasteiger partial charge in [0, 0.05) is 24.6 Å². The van der Waals surface area contributed by atoms with E-state index in [2.05, 4.69) is 14.8 Å². The Morgan fingerprint density at radius 1 is 1.07 bits per heavy atom. The zero-order valence-corrected chi connectivity index (χ0v) is 18.0. The first-order valence-corrected chi connectivity index (χ1v) is 10.6. The second-order valence-electron chi connectivity index (χ2n) is 7.99. The van der Waals surface area contributed by atoms with E-state index in [1.54, 1.807) is 36.9 Å². The summed E-state index contributed by atoms with van der Waals surface area (Å²) in [5.41, 5.74) is 2.41. The molecule has 2 aromatic heterocycles. The summed E-state index contributed by atoms with van der Waals surface area (Å²) in [4.78, 5) is 4.45. The van der Waals surface area contributed by atoms with Gasteiger partial charge >= 0.3 is 0 Å². The van der Waals surface area contributed by atoms with E-state index in [4.69, 9.17) is 0 Å². The summed E-state index contributed by atoms with van der Waals surface area (Å²) in [6.07, 6.45) is 3.69. The zero-order chi connectivity index (χ0) is 20.7. The van der Waals surface area contributed by atoms with Crippen molar-refractivity contribution in [3.8, 4) is 0 Å². The Bertz CT molecular complexity index is 1090. The molecule has 0 fully saturated rings. The standard InChI is InChI=1S/C20H27N5O2S/c1-14-19(15(2)25(22-14)20(4,5)6)28(26,27)23-18-9-7-17(8-10-18)13-24-12-11-21-16(24)3/h7-12,23H,13H2,1-6H3. The predicted molar refractivity (Wildman–Crippen MR) is 110 cm³/mol. The van der Waals surface area contributed by atoms with Gasteiger partial charge in [0.2, 0.25) is 0 Å². The van der Waals surface area contributed by atoms with Gasteiger partial charge in [0.1, 0.15) is 10.7 Å². The number of aryl methyl sites for hydroxylation is 2. The highest BCUT2D eigenvalue weighted by Crippen LogP contribution is 2.27. The van der Waals surface area contributed by atoms with Crippen LogP contribution in [0.25, 0.3) is 0 Å². The molecule has 0 bridgehead atoms. The Balaban J connectivity index is 1.83. The summed E-state index contributed by atoms with van der Waals surface area (Å²) >= 11 is 0. The number of hydrogen-bond acceptors (Lipinski definition) is 4. The number of aromatic nitrogens is 4. The van der Waals surface area contributed by atoms with Crippen LogP contribution in [-0.4, -0.2) is 27.7 Å². The number of benzene rings is 1. The second kappa shape index (κ2) is 7.09. The molecule has 0 saturated carbocycles. The van der Waals surface area contributed by atoms with Gasteiger partial charge in [-0.1, -0.05) is 12.1 Å². The van der Waals surface area contributed by atoms with Gasteiger partial charge in [-0.05, 0) is 59.2 Å². The molecule has 1 N–H and O–H groups in total. The third-order valence-corrected chi connectivity index (χ3v) is 6.24. The molecule has 0 spiro atoms. The molecule has 1 aromatic carbocycles. The van der Waals surface area contributed by atoms with Crippen molar-refractivity contribution in [1.29, 1.82) is 0 Å². The van der Waals surface area contributed by atoms with E-state index in [-0.39, 0.29) is 10.4 Å². The van der Waals surface area contributed by atoms with E-state index in [0.717, 1.165) is 11.4 Å². The maximum absolute atomic E-state index is 13.0. The van der Waals surface area contributed by atoms with Gasteiger partial charge in [0.15, 0.2) is 0 Å². The summed E-state index contributed by atoms with van der Waals surface area (Å²) in [5.74, 6) is 0.937. The zero-order valence-electron chi connectivity index (χ0n) is 17.2. The molecule has 0 unspecified atom stereocenters. The van der Waals surface area contributed by atoms with Gasteiger partial charge < -0.3 is 4.57 Å². The number of anilines is 1. The van der Waals surface area contributed by atoms with Gasteiger partial charge in [-0.2, -0.15) is 5.10 Å². The van der Waals surface area contributed by atoms with E-state index in [0.29, 0.717) is 23.6 Å². The molecule has 0 atom stereocenters. The highest BCUT2D eigenvalue weighted by Gasteiger charge is 2.28. The summed E-state index contributed by atoms with van der Waals surface area (Å²) in [5, 5.41) is 4.44. The van der Waals surface area contributed by atoms with E-state index in [9.17, 15) is 8.42 Å². The van der Waals surface area contributed by atoms with Gasteiger partial charge in [-0.15, -0.1) is 0 Å². The van der Waals surface area contributed by atoms with Crippen LogP contribution in [0.2, 0.25) is 0 Å². The minimum absolute atomic E-state index is 0.237. The number of sulfonamides is 1. The van der Waals surface area contributed by atoms with E-state index in [1.165, 1.54) is 0 Å². The first-order chi connectivity index (χ1) is 13.0. The molecule has 7 nitrogen and oxygen atoms in total. The molecule has 8 heteroatoms. The molecule has 28 heavy (non-hydrogen) atoms. The lowest BCUT2D eigenvalue weighted by atomic mass is 10.1. The number of nitrogens with zero attached hydrogens (tertiary/aromatic N) is 4. The molecular weight excluding hydrogens is 374 g/mol. The van der Waals surface area contributed by atoms with Crippen molar-refractivity contribution in [2.45, 2.75) is 58.5 Å². The Kier molecular flexibility index (Phi) is 5.10. The lowest BCUT2D eigenvalue weighted by molar-refractivity contribution is 0.345. The Morgan fingerprint density at radius 3 is 2.21 bits per heavy atom. The van der Waals surface area contributed by atoms with Crippen LogP contribution < -0.4 is 4.72 Å². The van der Waals surface area contributed by atoms with Crippen LogP contribution in [0.1, 0.15) is 43.5 Å². The summed E-state index contributed by atoms with van der Waals surface area (Å²) in [6, 6.07) is 7.38. The lowest BCUT2D eigenvalue weighted by Crippen LogP contribution is -2.25. The third kappa shape index (κ3) is 3.96. The van der Waals surface area contributed by atoms with Crippen molar-refractivity contribution in [2.24, 2.45) is 0 Å². The maximum atomic E-state index is 13.0. The summed E-state index contributed by atoms with van der Waals surface area (Å²) < 4.78 is 32.5. The Labute approximate surface area is 166 Å². The highest BCUT2D eigenvalue weighted by atomic mass is 32.2. The number of nitrogens with one attached hydrogen (secondary N) is 1. The first-order valence-electron chi connectivity index (χ1n) is 9.15. The monoisotopic (exact) mass is 401 g/mol. The molecule has 2 heterocycles. The van der Waals surface area contributed by atoms with E-state index < -0.39 is 10.0 Å². The van der Waals surface area contributed by atoms with Crippen LogP contribution in [0.3, 0.4) is 0 Å². The van der Waals surface area contributed by atoms with Gasteiger partial charge in [-0.3, -0.25) is 9.40 Å². The molecule has 0 amide bonds. The van der Waals surface area contributed by atoms with Crippen LogP contribution in [-0.2, 0) is 22.1 Å². The maximum Gasteiger partial charge on any atom is 0.265 e. The van der Waals surface area contributed by atoms with Crippen LogP contribution in [0.4, 0.5) is 5.69 Å². The first kappa shape index (κ1) is 20.1. The molecule has 0 aliphatic heterocycles. The third-order valence-electron chi connectivity index (χ3n) is 4.61. The highest BCUT2D eigenvalue weighted by molar-refractivity contribution is 7.92. The molecule has 3 aromatic rings. The van der Waals surface area contributed by atoms with Crippen molar-refractivity contribution in [1.82, 2.24) is 19.3 Å². The minimum Gasteiger partial charge on any atom is -0.331 e. The van der Waals surface area contributed by atoms with E-state index >= 15 is 0 Å². The minimum atomic E-state index is -3.73. The fourth-order valence-corrected chi connectivity index (χ4v) is 4.78. The molecule has 0 aliphatic rings. The van der Waals surface area contributed by atoms with E-state index in [1.807, 2.05) is 50.6 Å². The second-order valence-corrected chi connectivity index (χ2v) is 9.61. The smallest absolute Gasteiger partial charge is 0.265 e. The summed E-state index contributed by atoms with van der Waals surface area (Å²) in [6.45, 7) is 12.1. The normalized spacial score (nSPS) is 12.4. The molecule has 150 valence electrons. The fraction of sp³-hybridized carbons (Fsp3) is 0.400. The number of hydrogen-bond donors (Lipinski definition) is 1. The quantitative estimate of drug-likeness (QED) is 0.708. The number of rotatable bonds is 5. The number of imidazole rings is 1. The molecule has 0 aliphatic carbocycles. The Hall–Kier alpha value is -2.61. The van der Waals surface area contributed by atoms with Gasteiger partial charge in [0.05, 0.1) is 16.9 Å². The Morgan fingerprint density at radius 2 is 1.71 bits per heavy atom. The average molecular weight is 402 g/mol. The van der Waals surface area contributed by atoms with Gasteiger partial charge in [-0.25, -0.2) is 13.4 Å². The van der Waals surface area contributed by atoms with Crippen LogP contribution in [0.5, 0.6) is 0 Å². The van der Waals surface area contributed by atoms with Crippen molar-refractivity contribution in [3.63, 3.8) is 0 Å². The SMILES string of the molecule is Cc1nn(C(C)(C)C)c(C)c1S(=O)(=O)Nc1ccc(Cn2ccnc2C)cc1. The van der Waals surface area contributed by atoms with Crippen molar-refractivity contribution < 1.29 is 8.42 Å². The molecular formula is C20H27N5O2S. The summed E-state index contributed by atoms with van der Waals surface area (Å²) in [7, 11) is -3.73. The molecule has 0 radical (unpaired) electrons. The molecule has 3 rings (SSSR count). The predicted octanol–water partition coefficient (Wildman–Crippen LogP) is 3.61. The van der Waals surface area contributed by atoms with Crippen LogP contribution in [0.15, 0.2) is 41.6 Å². The van der Waals surface area contributed by atoms with Crippen molar-refractivity contribution in [3.05, 3.63) is 59.4 Å². The van der Waals surface area contributed by atoms with Crippen molar-refractivity contribution >= 4 is 15.7 Å². The average Bonchev–Trinajstić information content (AvgIpc) is 3.12. The molecule has 0 saturated heterocycles. The fourth-order valence-electron chi connectivity index (χ4n) is 3.32. The van der Waals surface area contributed by atoms with Crippen LogP contribution in [0, 0.1) is 20.8 Å². The topological polar surface area (TPSA) is 81.8 Å². The lowest BCUT2D eigenvalue weighted by Gasteiger charge is -2.21. The van der Waals surface area contributed by atoms with Crippen LogP contribution >= 0.6 is 0 Å². The van der Waals surface area contributed by atoms with Crippen molar-refractivity contribution in [2.75, 3.05) is 4.72 Å².